The van der Waals surface area contributed by atoms with Crippen LogP contribution in [0.15, 0.2) is 30.5 Å². The smallest absolute Gasteiger partial charge is 0.163 e. The summed E-state index contributed by atoms with van der Waals surface area (Å²) in [7, 11) is 0. The molecule has 0 aliphatic carbocycles. The van der Waals surface area contributed by atoms with Crippen molar-refractivity contribution in [2.24, 2.45) is 5.73 Å². The lowest BCUT2D eigenvalue weighted by atomic mass is 10.1. The van der Waals surface area contributed by atoms with Crippen molar-refractivity contribution in [3.63, 3.8) is 0 Å². The maximum Gasteiger partial charge on any atom is 0.163 e. The van der Waals surface area contributed by atoms with Crippen molar-refractivity contribution >= 4 is 38.3 Å². The van der Waals surface area contributed by atoms with Crippen LogP contribution in [0.3, 0.4) is 0 Å². The lowest BCUT2D eigenvalue weighted by molar-refractivity contribution is 0.122. The van der Waals surface area contributed by atoms with Crippen LogP contribution in [-0.4, -0.2) is 65.3 Å². The standard InChI is InChI=1S/C24H27FN6OS/c25-15-11-19(18-1-4-27-20(18)12-15)23-28-21-13-17(14-30-5-2-16(26)3-6-30)33-22(21)24(29-23)31-7-9-32-10-8-31/h1,4,11-13,16,27H,2-3,5-10,14,26H2. The minimum Gasteiger partial charge on any atom is -0.378 e. The van der Waals surface area contributed by atoms with Gasteiger partial charge in [0.25, 0.3) is 0 Å². The first-order valence-electron chi connectivity index (χ1n) is 11.5. The van der Waals surface area contributed by atoms with Gasteiger partial charge in [-0.3, -0.25) is 4.90 Å². The largest absolute Gasteiger partial charge is 0.378 e. The Morgan fingerprint density at radius 1 is 1.12 bits per heavy atom. The molecule has 0 saturated carbocycles. The number of fused-ring (bicyclic) bond motifs is 2. The molecule has 2 aliphatic heterocycles. The van der Waals surface area contributed by atoms with Gasteiger partial charge in [0.05, 0.1) is 23.4 Å². The summed E-state index contributed by atoms with van der Waals surface area (Å²) in [5.41, 5.74) is 8.46. The van der Waals surface area contributed by atoms with Crippen molar-refractivity contribution < 1.29 is 9.13 Å². The highest BCUT2D eigenvalue weighted by Crippen LogP contribution is 2.37. The topological polar surface area (TPSA) is 83.3 Å². The van der Waals surface area contributed by atoms with Crippen LogP contribution in [0.1, 0.15) is 17.7 Å². The van der Waals surface area contributed by atoms with Gasteiger partial charge in [0, 0.05) is 53.2 Å². The first-order chi connectivity index (χ1) is 16.1. The fourth-order valence-corrected chi connectivity index (χ4v) is 5.96. The van der Waals surface area contributed by atoms with Gasteiger partial charge < -0.3 is 20.4 Å². The number of ether oxygens (including phenoxy) is 1. The zero-order valence-electron chi connectivity index (χ0n) is 18.4. The van der Waals surface area contributed by atoms with Crippen molar-refractivity contribution in [2.45, 2.75) is 25.4 Å². The molecule has 9 heteroatoms. The van der Waals surface area contributed by atoms with Gasteiger partial charge in [0.1, 0.15) is 5.82 Å². The van der Waals surface area contributed by atoms with E-state index in [0.717, 1.165) is 72.5 Å². The molecule has 0 bridgehead atoms. The molecule has 2 aliphatic rings. The Balaban J connectivity index is 1.44. The molecule has 33 heavy (non-hydrogen) atoms. The number of nitrogens with one attached hydrogen (secondary N) is 1. The van der Waals surface area contributed by atoms with Crippen LogP contribution < -0.4 is 10.6 Å². The molecular weight excluding hydrogens is 439 g/mol. The molecule has 7 nitrogen and oxygen atoms in total. The van der Waals surface area contributed by atoms with Crippen molar-refractivity contribution in [1.29, 1.82) is 0 Å². The van der Waals surface area contributed by atoms with Gasteiger partial charge in [-0.15, -0.1) is 11.3 Å². The van der Waals surface area contributed by atoms with Crippen molar-refractivity contribution in [2.75, 3.05) is 44.3 Å². The maximum absolute atomic E-state index is 14.4. The van der Waals surface area contributed by atoms with Gasteiger partial charge in [-0.2, -0.15) is 0 Å². The fraction of sp³-hybridized carbons (Fsp3) is 0.417. The number of likely N-dealkylation sites (tertiary alicyclic amines) is 1. The highest BCUT2D eigenvalue weighted by atomic mass is 32.1. The van der Waals surface area contributed by atoms with Gasteiger partial charge in [-0.25, -0.2) is 14.4 Å². The van der Waals surface area contributed by atoms with E-state index in [1.807, 2.05) is 12.3 Å². The lowest BCUT2D eigenvalue weighted by Crippen LogP contribution is -2.39. The molecule has 0 unspecified atom stereocenters. The summed E-state index contributed by atoms with van der Waals surface area (Å²) in [5.74, 6) is 1.18. The Kier molecular flexibility index (Phi) is 5.49. The number of hydrogen-bond acceptors (Lipinski definition) is 7. The Morgan fingerprint density at radius 3 is 2.76 bits per heavy atom. The van der Waals surface area contributed by atoms with Crippen molar-refractivity contribution in [3.05, 3.63) is 41.2 Å². The molecule has 1 aromatic carbocycles. The summed E-state index contributed by atoms with van der Waals surface area (Å²) in [6.07, 6.45) is 3.91. The van der Waals surface area contributed by atoms with Gasteiger partial charge in [0.2, 0.25) is 0 Å². The van der Waals surface area contributed by atoms with E-state index in [1.165, 1.54) is 17.0 Å². The van der Waals surface area contributed by atoms with E-state index in [-0.39, 0.29) is 5.82 Å². The number of hydrogen-bond donors (Lipinski definition) is 2. The molecule has 3 N–H and O–H groups in total. The van der Waals surface area contributed by atoms with Crippen molar-refractivity contribution in [3.8, 4) is 11.4 Å². The van der Waals surface area contributed by atoms with E-state index >= 15 is 0 Å². The first kappa shape index (κ1) is 21.0. The predicted molar refractivity (Wildman–Crippen MR) is 130 cm³/mol. The number of anilines is 1. The normalized spacial score (nSPS) is 18.5. The van der Waals surface area contributed by atoms with Crippen LogP contribution in [0, 0.1) is 5.82 Å². The van der Waals surface area contributed by atoms with E-state index < -0.39 is 0 Å². The molecule has 6 rings (SSSR count). The lowest BCUT2D eigenvalue weighted by Gasteiger charge is -2.29. The maximum atomic E-state index is 14.4. The molecule has 172 valence electrons. The number of benzene rings is 1. The molecule has 0 spiro atoms. The molecule has 0 atom stereocenters. The summed E-state index contributed by atoms with van der Waals surface area (Å²) in [5, 5.41) is 0.920. The van der Waals surface area contributed by atoms with E-state index in [2.05, 4.69) is 20.9 Å². The number of aromatic amines is 1. The Morgan fingerprint density at radius 2 is 1.94 bits per heavy atom. The number of H-pyrrole nitrogens is 1. The van der Waals surface area contributed by atoms with Crippen LogP contribution in [0.25, 0.3) is 32.5 Å². The zero-order valence-corrected chi connectivity index (χ0v) is 19.2. The first-order valence-corrected chi connectivity index (χ1v) is 12.3. The molecule has 2 fully saturated rings. The third kappa shape index (κ3) is 4.10. The number of morpholine rings is 1. The van der Waals surface area contributed by atoms with E-state index in [0.29, 0.717) is 30.6 Å². The fourth-order valence-electron chi connectivity index (χ4n) is 4.80. The third-order valence-corrected chi connectivity index (χ3v) is 7.71. The van der Waals surface area contributed by atoms with Crippen LogP contribution in [-0.2, 0) is 11.3 Å². The van der Waals surface area contributed by atoms with Crippen LogP contribution in [0.2, 0.25) is 0 Å². The number of piperidine rings is 1. The second-order valence-corrected chi connectivity index (χ2v) is 10.0. The van der Waals surface area contributed by atoms with E-state index in [4.69, 9.17) is 20.4 Å². The molecule has 4 aromatic rings. The Bertz CT molecular complexity index is 1290. The summed E-state index contributed by atoms with van der Waals surface area (Å²) in [6.45, 7) is 5.86. The molecule has 0 amide bonds. The van der Waals surface area contributed by atoms with E-state index in [9.17, 15) is 4.39 Å². The number of rotatable bonds is 4. The van der Waals surface area contributed by atoms with Crippen LogP contribution in [0.4, 0.5) is 10.2 Å². The monoisotopic (exact) mass is 466 g/mol. The zero-order chi connectivity index (χ0) is 22.4. The van der Waals surface area contributed by atoms with Crippen molar-refractivity contribution in [1.82, 2.24) is 19.9 Å². The third-order valence-electron chi connectivity index (χ3n) is 6.60. The summed E-state index contributed by atoms with van der Waals surface area (Å²) < 4.78 is 21.1. The second kappa shape index (κ2) is 8.64. The van der Waals surface area contributed by atoms with Crippen LogP contribution in [0.5, 0.6) is 0 Å². The van der Waals surface area contributed by atoms with Gasteiger partial charge in [-0.1, -0.05) is 0 Å². The number of thiophene rings is 1. The quantitative estimate of drug-likeness (QED) is 0.477. The second-order valence-electron chi connectivity index (χ2n) is 8.90. The molecule has 2 saturated heterocycles. The minimum atomic E-state index is -0.300. The molecule has 3 aromatic heterocycles. The number of nitrogens with zero attached hydrogens (tertiary/aromatic N) is 4. The van der Waals surface area contributed by atoms with Gasteiger partial charge >= 0.3 is 0 Å². The molecule has 0 radical (unpaired) electrons. The predicted octanol–water partition coefficient (Wildman–Crippen LogP) is 3.74. The highest BCUT2D eigenvalue weighted by Gasteiger charge is 2.23. The van der Waals surface area contributed by atoms with Gasteiger partial charge in [0.15, 0.2) is 11.6 Å². The van der Waals surface area contributed by atoms with E-state index in [1.54, 1.807) is 11.3 Å². The highest BCUT2D eigenvalue weighted by molar-refractivity contribution is 7.19. The summed E-state index contributed by atoms with van der Waals surface area (Å²) >= 11 is 1.76. The molecular formula is C24H27FN6OS. The average Bonchev–Trinajstić information content (AvgIpc) is 3.46. The number of nitrogens with two attached hydrogens (primary N) is 1. The summed E-state index contributed by atoms with van der Waals surface area (Å²) in [6, 6.07) is 7.49. The average molecular weight is 467 g/mol. The number of aromatic nitrogens is 3. The minimum absolute atomic E-state index is 0.300. The Labute approximate surface area is 195 Å². The van der Waals surface area contributed by atoms with Gasteiger partial charge in [-0.05, 0) is 50.2 Å². The Hall–Kier alpha value is -2.59. The number of halogens is 1. The SMILES string of the molecule is NC1CCN(Cc2cc3nc(-c4cc(F)cc5[nH]ccc45)nc(N4CCOCC4)c3s2)CC1. The summed E-state index contributed by atoms with van der Waals surface area (Å²) in [4.78, 5) is 19.0. The molecule has 5 heterocycles. The van der Waals surface area contributed by atoms with Crippen LogP contribution >= 0.6 is 11.3 Å².